The fraction of sp³-hybridized carbons (Fsp3) is 0.400. The van der Waals surface area contributed by atoms with Gasteiger partial charge in [-0.3, -0.25) is 23.9 Å². The quantitative estimate of drug-likeness (QED) is 0.152. The maximum atomic E-state index is 15.6. The Morgan fingerprint density at radius 1 is 1.08 bits per heavy atom. The Bertz CT molecular complexity index is 2140. The van der Waals surface area contributed by atoms with Gasteiger partial charge < -0.3 is 24.4 Å². The molecule has 14 nitrogen and oxygen atoms in total. The Labute approximate surface area is 299 Å². The van der Waals surface area contributed by atoms with E-state index in [1.165, 1.54) is 61.4 Å². The number of fused-ring (bicyclic) bond motifs is 1. The number of hydrogen-bond acceptors (Lipinski definition) is 11. The van der Waals surface area contributed by atoms with Crippen LogP contribution in [0.5, 0.6) is 0 Å². The summed E-state index contributed by atoms with van der Waals surface area (Å²) < 4.78 is 73.9. The van der Waals surface area contributed by atoms with Crippen molar-refractivity contribution in [2.24, 2.45) is 12.5 Å². The molecule has 0 radical (unpaired) electrons. The highest BCUT2D eigenvalue weighted by molar-refractivity contribution is 5.98. The SMILES string of the molecule is Cc1cc(N2CCOC[C@@H]2C(F)(F)F)cc(F)c1C(=O)N[C@@H](Cc1ccc(-n2c(=O)c3ccncc3n(C)c2=O)nc1)C(=O)OCOC(=O)C(C)(C)C. The lowest BCUT2D eigenvalue weighted by Gasteiger charge is -2.38. The van der Waals surface area contributed by atoms with E-state index in [1.807, 2.05) is 0 Å². The van der Waals surface area contributed by atoms with Gasteiger partial charge in [-0.2, -0.15) is 13.2 Å². The number of morpholine rings is 1. The van der Waals surface area contributed by atoms with Gasteiger partial charge in [0, 0.05) is 38.1 Å². The number of carbonyl (C=O) groups excluding carboxylic acids is 3. The predicted octanol–water partition coefficient (Wildman–Crippen LogP) is 3.13. The van der Waals surface area contributed by atoms with Crippen molar-refractivity contribution in [1.82, 2.24) is 24.4 Å². The lowest BCUT2D eigenvalue weighted by atomic mass is 9.98. The highest BCUT2D eigenvalue weighted by Gasteiger charge is 2.45. The molecule has 5 rings (SSSR count). The first-order valence-electron chi connectivity index (χ1n) is 16.3. The first-order chi connectivity index (χ1) is 24.9. The molecule has 4 aromatic rings. The summed E-state index contributed by atoms with van der Waals surface area (Å²) in [5, 5.41) is 2.62. The topological polar surface area (TPSA) is 164 Å². The standard InChI is InChI=1S/C35H36F4N6O8/c1-19-12-21(44-10-11-51-17-26(44)35(37,38)39)14-23(36)28(19)29(46)42-24(31(48)52-18-53-32(49)34(2,3)4)13-20-6-7-27(41-15-20)45-30(47)22-8-9-40-16-25(22)43(5)33(45)50/h6-9,12,14-16,24,26H,10-11,13,17-18H2,1-5H3,(H,42,46)/t24-,26+/m0/s1. The molecule has 1 aromatic carbocycles. The molecule has 4 heterocycles. The van der Waals surface area contributed by atoms with Crippen molar-refractivity contribution in [3.05, 3.63) is 92.3 Å². The minimum atomic E-state index is -4.67. The Morgan fingerprint density at radius 3 is 2.45 bits per heavy atom. The van der Waals surface area contributed by atoms with Gasteiger partial charge in [0.15, 0.2) is 0 Å². The molecule has 3 aromatic heterocycles. The normalized spacial score (nSPS) is 15.6. The Morgan fingerprint density at radius 2 is 1.81 bits per heavy atom. The largest absolute Gasteiger partial charge is 0.427 e. The van der Waals surface area contributed by atoms with Crippen LogP contribution in [0.1, 0.15) is 42.3 Å². The van der Waals surface area contributed by atoms with Gasteiger partial charge in [0.25, 0.3) is 11.5 Å². The van der Waals surface area contributed by atoms with Crippen molar-refractivity contribution in [2.45, 2.75) is 52.4 Å². The van der Waals surface area contributed by atoms with Crippen LogP contribution < -0.4 is 21.5 Å². The van der Waals surface area contributed by atoms with Crippen molar-refractivity contribution >= 4 is 34.4 Å². The van der Waals surface area contributed by atoms with E-state index in [1.54, 1.807) is 20.8 Å². The number of anilines is 1. The molecule has 1 N–H and O–H groups in total. The van der Waals surface area contributed by atoms with E-state index in [0.29, 0.717) is 11.1 Å². The lowest BCUT2D eigenvalue weighted by Crippen LogP contribution is -2.53. The maximum Gasteiger partial charge on any atom is 0.411 e. The van der Waals surface area contributed by atoms with Gasteiger partial charge in [-0.1, -0.05) is 6.07 Å². The third kappa shape index (κ3) is 8.37. The second kappa shape index (κ2) is 15.1. The number of halogens is 4. The Balaban J connectivity index is 1.41. The van der Waals surface area contributed by atoms with Crippen LogP contribution in [0.4, 0.5) is 23.2 Å². The number of ether oxygens (including phenoxy) is 3. The second-order valence-electron chi connectivity index (χ2n) is 13.3. The molecule has 1 amide bonds. The van der Waals surface area contributed by atoms with E-state index in [4.69, 9.17) is 14.2 Å². The molecule has 0 aliphatic carbocycles. The molecule has 1 fully saturated rings. The molecule has 1 aliphatic heterocycles. The molecule has 0 bridgehead atoms. The van der Waals surface area contributed by atoms with Gasteiger partial charge in [-0.05, 0) is 63.1 Å². The van der Waals surface area contributed by atoms with Gasteiger partial charge in [-0.15, -0.1) is 0 Å². The number of benzene rings is 1. The highest BCUT2D eigenvalue weighted by atomic mass is 19.4. The summed E-state index contributed by atoms with van der Waals surface area (Å²) in [7, 11) is 1.47. The number of aryl methyl sites for hydroxylation is 2. The van der Waals surface area contributed by atoms with Crippen molar-refractivity contribution in [1.29, 1.82) is 0 Å². The highest BCUT2D eigenvalue weighted by Crippen LogP contribution is 2.33. The minimum absolute atomic E-state index is 0.0136. The first-order valence-corrected chi connectivity index (χ1v) is 16.3. The summed E-state index contributed by atoms with van der Waals surface area (Å²) in [5.74, 6) is -4.02. The maximum absolute atomic E-state index is 15.6. The monoisotopic (exact) mass is 744 g/mol. The van der Waals surface area contributed by atoms with Crippen LogP contribution in [0.2, 0.25) is 0 Å². The lowest BCUT2D eigenvalue weighted by molar-refractivity contribution is -0.174. The molecule has 0 spiro atoms. The summed E-state index contributed by atoms with van der Waals surface area (Å²) in [6, 6.07) is 2.74. The van der Waals surface area contributed by atoms with Crippen molar-refractivity contribution < 1.29 is 46.2 Å². The molecule has 282 valence electrons. The molecule has 1 aliphatic rings. The van der Waals surface area contributed by atoms with Crippen LogP contribution in [-0.2, 0) is 37.3 Å². The number of carbonyl (C=O) groups is 3. The number of pyridine rings is 2. The van der Waals surface area contributed by atoms with E-state index in [9.17, 15) is 37.1 Å². The average molecular weight is 745 g/mol. The number of aromatic nitrogens is 4. The van der Waals surface area contributed by atoms with Gasteiger partial charge in [0.05, 0.1) is 41.3 Å². The predicted molar refractivity (Wildman–Crippen MR) is 181 cm³/mol. The van der Waals surface area contributed by atoms with Crippen LogP contribution in [0.25, 0.3) is 16.7 Å². The van der Waals surface area contributed by atoms with Crippen LogP contribution in [0.3, 0.4) is 0 Å². The number of amides is 1. The third-order valence-electron chi connectivity index (χ3n) is 8.48. The van der Waals surface area contributed by atoms with Crippen LogP contribution in [-0.4, -0.2) is 81.8 Å². The molecular formula is C35H36F4N6O8. The van der Waals surface area contributed by atoms with Crippen molar-refractivity contribution in [3.8, 4) is 5.82 Å². The van der Waals surface area contributed by atoms with Crippen molar-refractivity contribution in [3.63, 3.8) is 0 Å². The van der Waals surface area contributed by atoms with Gasteiger partial charge in [0.2, 0.25) is 6.79 Å². The van der Waals surface area contributed by atoms with E-state index >= 15 is 4.39 Å². The molecule has 53 heavy (non-hydrogen) atoms. The van der Waals surface area contributed by atoms with Gasteiger partial charge >= 0.3 is 23.8 Å². The number of hydrogen-bond donors (Lipinski definition) is 1. The molecule has 2 atom stereocenters. The zero-order chi connectivity index (χ0) is 38.8. The average Bonchev–Trinajstić information content (AvgIpc) is 3.10. The van der Waals surface area contributed by atoms with Gasteiger partial charge in [-0.25, -0.2) is 23.5 Å². The third-order valence-corrected chi connectivity index (χ3v) is 8.48. The number of nitrogens with zero attached hydrogens (tertiary/aromatic N) is 5. The van der Waals surface area contributed by atoms with Crippen LogP contribution >= 0.6 is 0 Å². The zero-order valence-corrected chi connectivity index (χ0v) is 29.3. The van der Waals surface area contributed by atoms with Crippen molar-refractivity contribution in [2.75, 3.05) is 31.5 Å². The molecule has 0 saturated carbocycles. The summed E-state index contributed by atoms with van der Waals surface area (Å²) >= 11 is 0. The summed E-state index contributed by atoms with van der Waals surface area (Å²) in [6.07, 6.45) is -0.931. The fourth-order valence-electron chi connectivity index (χ4n) is 5.65. The minimum Gasteiger partial charge on any atom is -0.427 e. The number of rotatable bonds is 9. The van der Waals surface area contributed by atoms with Crippen LogP contribution in [0.15, 0.2) is 58.5 Å². The molecule has 18 heteroatoms. The van der Waals surface area contributed by atoms with Gasteiger partial charge in [0.1, 0.15) is 23.7 Å². The van der Waals surface area contributed by atoms with E-state index in [-0.39, 0.29) is 42.0 Å². The fourth-order valence-corrected chi connectivity index (χ4v) is 5.65. The molecule has 0 unspecified atom stereocenters. The second-order valence-corrected chi connectivity index (χ2v) is 13.3. The summed E-state index contributed by atoms with van der Waals surface area (Å²) in [4.78, 5) is 74.4. The Kier molecular flexibility index (Phi) is 11.0. The smallest absolute Gasteiger partial charge is 0.411 e. The number of alkyl halides is 3. The Hall–Kier alpha value is -5.65. The molecule has 1 saturated heterocycles. The van der Waals surface area contributed by atoms with E-state index in [0.717, 1.165) is 15.5 Å². The number of esters is 2. The van der Waals surface area contributed by atoms with E-state index < -0.39 is 77.6 Å². The van der Waals surface area contributed by atoms with E-state index in [2.05, 4.69) is 15.3 Å². The summed E-state index contributed by atoms with van der Waals surface area (Å²) in [6.45, 7) is 4.45. The van der Waals surface area contributed by atoms with Crippen LogP contribution in [0, 0.1) is 18.2 Å². The number of nitrogens with one attached hydrogen (secondary N) is 1. The zero-order valence-electron chi connectivity index (χ0n) is 29.3. The molecular weight excluding hydrogens is 708 g/mol. The summed E-state index contributed by atoms with van der Waals surface area (Å²) in [5.41, 5.74) is -2.29. The first kappa shape index (κ1) is 38.6.